The van der Waals surface area contributed by atoms with E-state index in [1.165, 1.54) is 25.1 Å². The molecule has 1 fully saturated rings. The summed E-state index contributed by atoms with van der Waals surface area (Å²) in [4.78, 5) is 15.4. The summed E-state index contributed by atoms with van der Waals surface area (Å²) >= 11 is 0. The highest BCUT2D eigenvalue weighted by Gasteiger charge is 2.31. The maximum Gasteiger partial charge on any atom is 0.261 e. The standard InChI is InChI=1S/C24H29N5O5S/c1-24(32,10-12-30)17-13-16(7-8-20(17)35(2,33)34)27-22-21-19(9-11-26-23(21)31)29(28-22)18-6-4-3-5-15(18)14-25/h7-9,11,13,15,18,30,32H,3-6,10,12H2,1-2H3,(H,26,31)(H,27,28). The minimum atomic E-state index is -3.66. The van der Waals surface area contributed by atoms with Gasteiger partial charge in [-0.25, -0.2) is 8.42 Å². The highest BCUT2D eigenvalue weighted by atomic mass is 32.2. The largest absolute Gasteiger partial charge is 0.396 e. The van der Waals surface area contributed by atoms with Crippen molar-refractivity contribution in [2.45, 2.75) is 55.6 Å². The molecule has 2 heterocycles. The van der Waals surface area contributed by atoms with Gasteiger partial charge in [0.25, 0.3) is 5.56 Å². The van der Waals surface area contributed by atoms with Crippen molar-refractivity contribution in [3.8, 4) is 6.07 Å². The molecule has 2 aromatic heterocycles. The van der Waals surface area contributed by atoms with Crippen molar-refractivity contribution in [1.29, 1.82) is 5.26 Å². The molecular weight excluding hydrogens is 470 g/mol. The van der Waals surface area contributed by atoms with Gasteiger partial charge in [-0.2, -0.15) is 10.4 Å². The molecule has 1 aliphatic rings. The Balaban J connectivity index is 1.83. The average molecular weight is 500 g/mol. The molecule has 3 aromatic rings. The maximum atomic E-state index is 12.8. The number of nitriles is 1. The molecule has 186 valence electrons. The molecule has 0 radical (unpaired) electrons. The Labute approximate surface area is 203 Å². The summed E-state index contributed by atoms with van der Waals surface area (Å²) in [7, 11) is -3.66. The molecule has 0 spiro atoms. The number of sulfone groups is 1. The summed E-state index contributed by atoms with van der Waals surface area (Å²) in [5, 5.41) is 38.1. The van der Waals surface area contributed by atoms with Gasteiger partial charge >= 0.3 is 0 Å². The van der Waals surface area contributed by atoms with Gasteiger partial charge in [-0.05, 0) is 44.0 Å². The molecule has 35 heavy (non-hydrogen) atoms. The topological polar surface area (TPSA) is 161 Å². The maximum absolute atomic E-state index is 12.8. The van der Waals surface area contributed by atoms with Gasteiger partial charge in [0, 0.05) is 36.7 Å². The number of H-pyrrole nitrogens is 1. The van der Waals surface area contributed by atoms with Crippen molar-refractivity contribution in [2.24, 2.45) is 5.92 Å². The van der Waals surface area contributed by atoms with E-state index in [0.29, 0.717) is 16.6 Å². The lowest BCUT2D eigenvalue weighted by molar-refractivity contribution is 0.0274. The van der Waals surface area contributed by atoms with Gasteiger partial charge in [-0.3, -0.25) is 9.48 Å². The van der Waals surface area contributed by atoms with Crippen molar-refractivity contribution >= 4 is 32.2 Å². The third kappa shape index (κ3) is 4.82. The SMILES string of the molecule is CC(O)(CCO)c1cc(Nc2nn(C3CCCCC3C#N)c3cc[nH]c(=O)c23)ccc1S(C)(=O)=O. The zero-order chi connectivity index (χ0) is 25.4. The third-order valence-electron chi connectivity index (χ3n) is 6.66. The number of rotatable bonds is 7. The first kappa shape index (κ1) is 24.9. The zero-order valence-electron chi connectivity index (χ0n) is 19.7. The normalized spacial score (nSPS) is 20.3. The van der Waals surface area contributed by atoms with Crippen molar-refractivity contribution in [3.63, 3.8) is 0 Å². The number of hydrogen-bond acceptors (Lipinski definition) is 8. The summed E-state index contributed by atoms with van der Waals surface area (Å²) in [5.74, 6) is 0.0529. The van der Waals surface area contributed by atoms with E-state index >= 15 is 0 Å². The van der Waals surface area contributed by atoms with E-state index in [-0.39, 0.29) is 46.8 Å². The van der Waals surface area contributed by atoms with Crippen LogP contribution in [0.15, 0.2) is 40.2 Å². The van der Waals surface area contributed by atoms with Crippen molar-refractivity contribution in [1.82, 2.24) is 14.8 Å². The molecule has 0 saturated heterocycles. The molecule has 1 aromatic carbocycles. The molecule has 3 atom stereocenters. The van der Waals surface area contributed by atoms with Crippen LogP contribution in [-0.2, 0) is 15.4 Å². The Morgan fingerprint density at radius 3 is 2.74 bits per heavy atom. The van der Waals surface area contributed by atoms with Crippen LogP contribution >= 0.6 is 0 Å². The summed E-state index contributed by atoms with van der Waals surface area (Å²) in [6.07, 6.45) is 6.02. The fraction of sp³-hybridized carbons (Fsp3) is 0.458. The van der Waals surface area contributed by atoms with Crippen LogP contribution in [0.3, 0.4) is 0 Å². The lowest BCUT2D eigenvalue weighted by atomic mass is 9.85. The van der Waals surface area contributed by atoms with E-state index in [0.717, 1.165) is 31.9 Å². The molecule has 0 amide bonds. The first-order valence-corrected chi connectivity index (χ1v) is 13.4. The fourth-order valence-corrected chi connectivity index (χ4v) is 5.83. The number of fused-ring (bicyclic) bond motifs is 1. The zero-order valence-corrected chi connectivity index (χ0v) is 20.5. The minimum Gasteiger partial charge on any atom is -0.396 e. The lowest BCUT2D eigenvalue weighted by Gasteiger charge is -2.27. The molecule has 3 unspecified atom stereocenters. The smallest absolute Gasteiger partial charge is 0.261 e. The van der Waals surface area contributed by atoms with E-state index in [1.807, 2.05) is 0 Å². The first-order chi connectivity index (χ1) is 16.6. The Morgan fingerprint density at radius 1 is 1.31 bits per heavy atom. The van der Waals surface area contributed by atoms with E-state index in [2.05, 4.69) is 21.5 Å². The quantitative estimate of drug-likeness (QED) is 0.386. The molecular formula is C24H29N5O5S. The van der Waals surface area contributed by atoms with Gasteiger partial charge in [-0.15, -0.1) is 0 Å². The number of anilines is 2. The second-order valence-corrected chi connectivity index (χ2v) is 11.3. The second-order valence-electron chi connectivity index (χ2n) is 9.30. The highest BCUT2D eigenvalue weighted by molar-refractivity contribution is 7.90. The number of benzene rings is 1. The van der Waals surface area contributed by atoms with Gasteiger partial charge in [0.2, 0.25) is 0 Å². The predicted molar refractivity (Wildman–Crippen MR) is 131 cm³/mol. The first-order valence-electron chi connectivity index (χ1n) is 11.5. The average Bonchev–Trinajstić information content (AvgIpc) is 3.17. The Kier molecular flexibility index (Phi) is 6.73. The number of aromatic amines is 1. The van der Waals surface area contributed by atoms with Crippen LogP contribution in [0.5, 0.6) is 0 Å². The highest BCUT2D eigenvalue weighted by Crippen LogP contribution is 2.37. The van der Waals surface area contributed by atoms with Crippen LogP contribution in [0.2, 0.25) is 0 Å². The van der Waals surface area contributed by atoms with Crippen LogP contribution in [0.4, 0.5) is 11.5 Å². The van der Waals surface area contributed by atoms with E-state index in [1.54, 1.807) is 16.9 Å². The van der Waals surface area contributed by atoms with Crippen LogP contribution in [-0.4, -0.2) is 46.3 Å². The van der Waals surface area contributed by atoms with Crippen LogP contribution in [0.1, 0.15) is 50.6 Å². The Hall–Kier alpha value is -3.20. The number of nitrogens with one attached hydrogen (secondary N) is 2. The summed E-state index contributed by atoms with van der Waals surface area (Å²) in [5.41, 5.74) is -0.801. The summed E-state index contributed by atoms with van der Waals surface area (Å²) in [6, 6.07) is 8.38. The second kappa shape index (κ2) is 9.45. The van der Waals surface area contributed by atoms with Crippen LogP contribution < -0.4 is 10.9 Å². The summed E-state index contributed by atoms with van der Waals surface area (Å²) < 4.78 is 26.4. The Morgan fingerprint density at radius 2 is 2.06 bits per heavy atom. The van der Waals surface area contributed by atoms with Crippen molar-refractivity contribution in [2.75, 3.05) is 18.2 Å². The predicted octanol–water partition coefficient (Wildman–Crippen LogP) is 2.72. The van der Waals surface area contributed by atoms with Crippen molar-refractivity contribution in [3.05, 3.63) is 46.4 Å². The lowest BCUT2D eigenvalue weighted by Crippen LogP contribution is -2.25. The number of aliphatic hydroxyl groups is 2. The number of aromatic nitrogens is 3. The van der Waals surface area contributed by atoms with Gasteiger partial charge in [-0.1, -0.05) is 12.8 Å². The van der Waals surface area contributed by atoms with E-state index in [9.17, 15) is 28.7 Å². The molecule has 0 bridgehead atoms. The minimum absolute atomic E-state index is 0.0474. The van der Waals surface area contributed by atoms with Gasteiger partial charge in [0.1, 0.15) is 5.39 Å². The molecule has 0 aliphatic heterocycles. The number of aliphatic hydroxyl groups excluding tert-OH is 1. The van der Waals surface area contributed by atoms with Gasteiger partial charge < -0.3 is 20.5 Å². The van der Waals surface area contributed by atoms with Crippen molar-refractivity contribution < 1.29 is 18.6 Å². The molecule has 4 N–H and O–H groups in total. The van der Waals surface area contributed by atoms with Gasteiger partial charge in [0.15, 0.2) is 15.7 Å². The molecule has 1 saturated carbocycles. The molecule has 4 rings (SSSR count). The van der Waals surface area contributed by atoms with E-state index < -0.39 is 15.4 Å². The molecule has 1 aliphatic carbocycles. The third-order valence-corrected chi connectivity index (χ3v) is 7.82. The van der Waals surface area contributed by atoms with Crippen LogP contribution in [0, 0.1) is 17.2 Å². The van der Waals surface area contributed by atoms with Gasteiger partial charge in [0.05, 0.1) is 34.0 Å². The number of hydrogen-bond donors (Lipinski definition) is 4. The monoisotopic (exact) mass is 499 g/mol. The molecule has 10 nitrogen and oxygen atoms in total. The number of nitrogens with zero attached hydrogens (tertiary/aromatic N) is 3. The molecule has 11 heteroatoms. The van der Waals surface area contributed by atoms with E-state index in [4.69, 9.17) is 0 Å². The fourth-order valence-electron chi connectivity index (χ4n) is 4.84. The number of pyridine rings is 1. The van der Waals surface area contributed by atoms with Crippen LogP contribution in [0.25, 0.3) is 10.9 Å². The summed E-state index contributed by atoms with van der Waals surface area (Å²) in [6.45, 7) is 1.11. The Bertz CT molecular complexity index is 1450.